The number of carbonyl (C=O) groups is 2. The Morgan fingerprint density at radius 3 is 2.43 bits per heavy atom. The largest absolute Gasteiger partial charge is 0.426 e. The molecule has 0 fully saturated rings. The van der Waals surface area contributed by atoms with Crippen molar-refractivity contribution >= 4 is 11.9 Å². The van der Waals surface area contributed by atoms with Gasteiger partial charge in [-0.1, -0.05) is 0 Å². The Hall–Kier alpha value is -1.10. The lowest BCUT2D eigenvalue weighted by Crippen LogP contribution is -2.20. The first-order valence-corrected chi connectivity index (χ1v) is 4.42. The van der Waals surface area contributed by atoms with E-state index in [1.165, 1.54) is 13.8 Å². The lowest BCUT2D eigenvalue weighted by Gasteiger charge is -2.12. The first-order chi connectivity index (χ1) is 6.56. The summed E-state index contributed by atoms with van der Waals surface area (Å²) in [5.41, 5.74) is 0. The first kappa shape index (κ1) is 12.9. The Labute approximate surface area is 83.3 Å². The Morgan fingerprint density at radius 2 is 1.93 bits per heavy atom. The van der Waals surface area contributed by atoms with Crippen LogP contribution in [-0.4, -0.2) is 31.9 Å². The predicted octanol–water partition coefficient (Wildman–Crippen LogP) is 0.865. The molecule has 82 valence electrons. The summed E-state index contributed by atoms with van der Waals surface area (Å²) in [6.45, 7) is 3.27. The molecule has 0 aromatic carbocycles. The Kier molecular flexibility index (Phi) is 6.74. The number of carbonyl (C=O) groups excluding carboxylic acids is 2. The van der Waals surface area contributed by atoms with Gasteiger partial charge in [0.1, 0.15) is 0 Å². The van der Waals surface area contributed by atoms with E-state index < -0.39 is 18.2 Å². The van der Waals surface area contributed by atoms with Crippen LogP contribution in [0.25, 0.3) is 0 Å². The Bertz CT molecular complexity index is 190. The van der Waals surface area contributed by atoms with Crippen LogP contribution in [0.3, 0.4) is 0 Å². The van der Waals surface area contributed by atoms with Crippen LogP contribution in [0.4, 0.5) is 0 Å². The lowest BCUT2D eigenvalue weighted by molar-refractivity contribution is -0.183. The van der Waals surface area contributed by atoms with E-state index in [-0.39, 0.29) is 6.42 Å². The summed E-state index contributed by atoms with van der Waals surface area (Å²) < 4.78 is 14.2. The molecule has 1 atom stereocenters. The van der Waals surface area contributed by atoms with E-state index in [1.807, 2.05) is 0 Å². The van der Waals surface area contributed by atoms with Gasteiger partial charge < -0.3 is 14.2 Å². The number of esters is 2. The molecule has 0 saturated carbocycles. The number of rotatable bonds is 6. The molecule has 0 aromatic heterocycles. The van der Waals surface area contributed by atoms with E-state index in [4.69, 9.17) is 9.47 Å². The normalized spacial score (nSPS) is 11.9. The summed E-state index contributed by atoms with van der Waals surface area (Å²) in [6.07, 6.45) is 0.0456. The fourth-order valence-corrected chi connectivity index (χ4v) is 0.863. The van der Waals surface area contributed by atoms with Crippen LogP contribution in [0.1, 0.15) is 26.7 Å². The number of ether oxygens (including phenoxy) is 3. The van der Waals surface area contributed by atoms with E-state index >= 15 is 0 Å². The third kappa shape index (κ3) is 7.54. The zero-order chi connectivity index (χ0) is 11.0. The standard InChI is InChI=1S/C9H16O5/c1-7(10)13-8(2)14-9(11)5-4-6-12-3/h8H,4-6H2,1-3H3. The summed E-state index contributed by atoms with van der Waals surface area (Å²) in [6, 6.07) is 0. The highest BCUT2D eigenvalue weighted by molar-refractivity contribution is 5.70. The van der Waals surface area contributed by atoms with E-state index in [0.29, 0.717) is 13.0 Å². The van der Waals surface area contributed by atoms with Crippen LogP contribution in [-0.2, 0) is 23.8 Å². The molecule has 0 aliphatic carbocycles. The van der Waals surface area contributed by atoms with Crippen LogP contribution < -0.4 is 0 Å². The van der Waals surface area contributed by atoms with Crippen molar-refractivity contribution in [2.45, 2.75) is 33.0 Å². The van der Waals surface area contributed by atoms with Crippen molar-refractivity contribution in [3.05, 3.63) is 0 Å². The minimum absolute atomic E-state index is 0.263. The zero-order valence-corrected chi connectivity index (χ0v) is 8.74. The van der Waals surface area contributed by atoms with Gasteiger partial charge in [-0.2, -0.15) is 0 Å². The molecule has 0 spiro atoms. The molecular formula is C9H16O5. The fraction of sp³-hybridized carbons (Fsp3) is 0.778. The van der Waals surface area contributed by atoms with Gasteiger partial charge >= 0.3 is 11.9 Å². The smallest absolute Gasteiger partial charge is 0.308 e. The van der Waals surface area contributed by atoms with Crippen molar-refractivity contribution in [3.8, 4) is 0 Å². The van der Waals surface area contributed by atoms with Gasteiger partial charge in [0.15, 0.2) is 0 Å². The summed E-state index contributed by atoms with van der Waals surface area (Å²) in [5, 5.41) is 0. The van der Waals surface area contributed by atoms with Gasteiger partial charge in [-0.05, 0) is 6.42 Å². The van der Waals surface area contributed by atoms with Crippen molar-refractivity contribution in [1.82, 2.24) is 0 Å². The molecule has 0 aliphatic heterocycles. The van der Waals surface area contributed by atoms with Crippen molar-refractivity contribution in [1.29, 1.82) is 0 Å². The lowest BCUT2D eigenvalue weighted by atomic mass is 10.3. The van der Waals surface area contributed by atoms with E-state index in [2.05, 4.69) is 4.74 Å². The Balaban J connectivity index is 3.55. The highest BCUT2D eigenvalue weighted by Crippen LogP contribution is 1.99. The monoisotopic (exact) mass is 204 g/mol. The molecule has 0 N–H and O–H groups in total. The van der Waals surface area contributed by atoms with E-state index in [9.17, 15) is 9.59 Å². The molecule has 0 bridgehead atoms. The second kappa shape index (κ2) is 7.32. The topological polar surface area (TPSA) is 61.8 Å². The van der Waals surface area contributed by atoms with Gasteiger partial charge in [-0.15, -0.1) is 0 Å². The SMILES string of the molecule is COCCCC(=O)OC(C)OC(C)=O. The van der Waals surface area contributed by atoms with E-state index in [1.54, 1.807) is 7.11 Å². The molecule has 0 rings (SSSR count). The van der Waals surface area contributed by atoms with Crippen molar-refractivity contribution < 1.29 is 23.8 Å². The van der Waals surface area contributed by atoms with Crippen LogP contribution in [0.15, 0.2) is 0 Å². The van der Waals surface area contributed by atoms with Gasteiger partial charge in [0.2, 0.25) is 6.29 Å². The van der Waals surface area contributed by atoms with Crippen LogP contribution in [0, 0.1) is 0 Å². The maximum atomic E-state index is 11.0. The van der Waals surface area contributed by atoms with E-state index in [0.717, 1.165) is 0 Å². The van der Waals surface area contributed by atoms with Crippen molar-refractivity contribution in [2.75, 3.05) is 13.7 Å². The average Bonchev–Trinajstić information content (AvgIpc) is 2.02. The number of hydrogen-bond donors (Lipinski definition) is 0. The highest BCUT2D eigenvalue weighted by atomic mass is 16.7. The molecule has 0 radical (unpaired) electrons. The minimum atomic E-state index is -0.817. The second-order valence-electron chi connectivity index (χ2n) is 2.76. The summed E-state index contributed by atoms with van der Waals surface area (Å²) >= 11 is 0. The van der Waals surface area contributed by atoms with Crippen LogP contribution in [0.2, 0.25) is 0 Å². The maximum Gasteiger partial charge on any atom is 0.308 e. The molecule has 5 heteroatoms. The minimum Gasteiger partial charge on any atom is -0.426 e. The van der Waals surface area contributed by atoms with Gasteiger partial charge in [0, 0.05) is 34.0 Å². The van der Waals surface area contributed by atoms with Crippen LogP contribution >= 0.6 is 0 Å². The predicted molar refractivity (Wildman–Crippen MR) is 48.4 cm³/mol. The number of hydrogen-bond acceptors (Lipinski definition) is 5. The molecular weight excluding hydrogens is 188 g/mol. The fourth-order valence-electron chi connectivity index (χ4n) is 0.863. The summed E-state index contributed by atoms with van der Waals surface area (Å²) in [7, 11) is 1.56. The van der Waals surface area contributed by atoms with Gasteiger partial charge in [0.25, 0.3) is 0 Å². The first-order valence-electron chi connectivity index (χ1n) is 4.42. The van der Waals surface area contributed by atoms with Crippen molar-refractivity contribution in [3.63, 3.8) is 0 Å². The average molecular weight is 204 g/mol. The van der Waals surface area contributed by atoms with Gasteiger partial charge in [-0.25, -0.2) is 0 Å². The molecule has 14 heavy (non-hydrogen) atoms. The van der Waals surface area contributed by atoms with Crippen LogP contribution in [0.5, 0.6) is 0 Å². The highest BCUT2D eigenvalue weighted by Gasteiger charge is 2.10. The van der Waals surface area contributed by atoms with Crippen molar-refractivity contribution in [2.24, 2.45) is 0 Å². The maximum absolute atomic E-state index is 11.0. The third-order valence-corrected chi connectivity index (χ3v) is 1.36. The molecule has 0 saturated heterocycles. The molecule has 0 heterocycles. The number of methoxy groups -OCH3 is 1. The molecule has 0 aliphatic rings. The molecule has 1 unspecified atom stereocenters. The molecule has 5 nitrogen and oxygen atoms in total. The van der Waals surface area contributed by atoms with Gasteiger partial charge in [-0.3, -0.25) is 9.59 Å². The summed E-state index contributed by atoms with van der Waals surface area (Å²) in [4.78, 5) is 21.5. The summed E-state index contributed by atoms with van der Waals surface area (Å²) in [5.74, 6) is -0.863. The molecule has 0 amide bonds. The quantitative estimate of drug-likeness (QED) is 0.365. The Morgan fingerprint density at radius 1 is 1.29 bits per heavy atom. The third-order valence-electron chi connectivity index (χ3n) is 1.36. The molecule has 0 aromatic rings. The second-order valence-corrected chi connectivity index (χ2v) is 2.76. The zero-order valence-electron chi connectivity index (χ0n) is 8.74. The van der Waals surface area contributed by atoms with Gasteiger partial charge in [0.05, 0.1) is 0 Å².